The predicted molar refractivity (Wildman–Crippen MR) is 76.6 cm³/mol. The van der Waals surface area contributed by atoms with Gasteiger partial charge < -0.3 is 5.73 Å². The second-order valence-electron chi connectivity index (χ2n) is 3.76. The molecule has 1 nitrogen and oxygen atoms in total. The van der Waals surface area contributed by atoms with Crippen LogP contribution in [0.15, 0.2) is 40.9 Å². The molecule has 2 aromatic carbocycles. The van der Waals surface area contributed by atoms with Gasteiger partial charge in [0.05, 0.1) is 11.1 Å². The molecule has 0 spiro atoms. The van der Waals surface area contributed by atoms with Gasteiger partial charge in [0.15, 0.2) is 0 Å². The Kier molecular flexibility index (Phi) is 4.28. The zero-order valence-electron chi connectivity index (χ0n) is 9.13. The maximum absolute atomic E-state index is 14.0. The summed E-state index contributed by atoms with van der Waals surface area (Å²) in [6.45, 7) is 0. The molecule has 0 heterocycles. The molecule has 0 saturated heterocycles. The molecule has 0 aliphatic rings. The molecule has 94 valence electrons. The minimum Gasteiger partial charge on any atom is -0.320 e. The van der Waals surface area contributed by atoms with E-state index >= 15 is 0 Å². The lowest BCUT2D eigenvalue weighted by Crippen LogP contribution is -2.14. The van der Waals surface area contributed by atoms with Gasteiger partial charge in [-0.05, 0) is 33.6 Å². The Labute approximate surface area is 123 Å². The maximum atomic E-state index is 14.0. The number of nitrogens with two attached hydrogens (primary N) is 1. The average Bonchev–Trinajstić information content (AvgIpc) is 2.36. The van der Waals surface area contributed by atoms with Crippen molar-refractivity contribution in [3.63, 3.8) is 0 Å². The highest BCUT2D eigenvalue weighted by Crippen LogP contribution is 2.33. The van der Waals surface area contributed by atoms with Gasteiger partial charge in [0.25, 0.3) is 0 Å². The third kappa shape index (κ3) is 2.54. The highest BCUT2D eigenvalue weighted by atomic mass is 79.9. The fraction of sp³-hybridized carbons (Fsp3) is 0.0769. The second kappa shape index (κ2) is 5.57. The molecule has 0 bridgehead atoms. The van der Waals surface area contributed by atoms with Gasteiger partial charge in [-0.1, -0.05) is 47.5 Å². The Morgan fingerprint density at radius 3 is 2.39 bits per heavy atom. The number of hydrogen-bond acceptors (Lipinski definition) is 1. The van der Waals surface area contributed by atoms with E-state index in [9.17, 15) is 4.39 Å². The molecule has 1 atom stereocenters. The monoisotopic (exact) mass is 347 g/mol. The van der Waals surface area contributed by atoms with Crippen LogP contribution in [0.4, 0.5) is 4.39 Å². The molecule has 2 rings (SSSR count). The zero-order valence-corrected chi connectivity index (χ0v) is 12.2. The summed E-state index contributed by atoms with van der Waals surface area (Å²) in [4.78, 5) is 0. The standard InChI is InChI=1S/C13H9BrCl2FN/c14-9-6-5-8(12(17)11(9)16)13(18)7-3-1-2-4-10(7)15/h1-6,13H,18H2. The summed E-state index contributed by atoms with van der Waals surface area (Å²) >= 11 is 15.1. The quantitative estimate of drug-likeness (QED) is 0.764. The van der Waals surface area contributed by atoms with Crippen molar-refractivity contribution in [3.05, 3.63) is 67.9 Å². The molecule has 1 unspecified atom stereocenters. The highest BCUT2D eigenvalue weighted by Gasteiger charge is 2.19. The largest absolute Gasteiger partial charge is 0.320 e. The van der Waals surface area contributed by atoms with Crippen LogP contribution >= 0.6 is 39.1 Å². The Balaban J connectivity index is 2.50. The molecule has 0 aliphatic heterocycles. The summed E-state index contributed by atoms with van der Waals surface area (Å²) in [7, 11) is 0. The smallest absolute Gasteiger partial charge is 0.148 e. The summed E-state index contributed by atoms with van der Waals surface area (Å²) in [6, 6.07) is 9.70. The molecule has 0 saturated carbocycles. The van der Waals surface area contributed by atoms with Crippen LogP contribution in [-0.2, 0) is 0 Å². The van der Waals surface area contributed by atoms with Crippen LogP contribution in [0.5, 0.6) is 0 Å². The van der Waals surface area contributed by atoms with E-state index in [1.54, 1.807) is 36.4 Å². The van der Waals surface area contributed by atoms with E-state index < -0.39 is 11.9 Å². The summed E-state index contributed by atoms with van der Waals surface area (Å²) < 4.78 is 14.5. The first-order chi connectivity index (χ1) is 8.52. The number of rotatable bonds is 2. The van der Waals surface area contributed by atoms with Gasteiger partial charge in [-0.3, -0.25) is 0 Å². The number of halogens is 4. The molecule has 18 heavy (non-hydrogen) atoms. The van der Waals surface area contributed by atoms with Crippen molar-refractivity contribution in [1.29, 1.82) is 0 Å². The van der Waals surface area contributed by atoms with Gasteiger partial charge in [-0.25, -0.2) is 4.39 Å². The van der Waals surface area contributed by atoms with E-state index in [1.807, 2.05) is 0 Å². The van der Waals surface area contributed by atoms with E-state index in [0.717, 1.165) is 0 Å². The van der Waals surface area contributed by atoms with Gasteiger partial charge in [0.2, 0.25) is 0 Å². The maximum Gasteiger partial charge on any atom is 0.148 e. The van der Waals surface area contributed by atoms with E-state index in [-0.39, 0.29) is 5.02 Å². The zero-order chi connectivity index (χ0) is 13.3. The fourth-order valence-corrected chi connectivity index (χ4v) is 2.41. The average molecular weight is 349 g/mol. The molecule has 2 N–H and O–H groups in total. The van der Waals surface area contributed by atoms with Crippen molar-refractivity contribution in [2.24, 2.45) is 5.73 Å². The van der Waals surface area contributed by atoms with Crippen molar-refractivity contribution in [1.82, 2.24) is 0 Å². The van der Waals surface area contributed by atoms with Crippen LogP contribution in [-0.4, -0.2) is 0 Å². The number of benzene rings is 2. The van der Waals surface area contributed by atoms with Gasteiger partial charge >= 0.3 is 0 Å². The first-order valence-electron chi connectivity index (χ1n) is 5.15. The van der Waals surface area contributed by atoms with E-state index in [0.29, 0.717) is 20.6 Å². The van der Waals surface area contributed by atoms with Gasteiger partial charge in [-0.15, -0.1) is 0 Å². The molecule has 0 aliphatic carbocycles. The van der Waals surface area contributed by atoms with E-state index in [2.05, 4.69) is 15.9 Å². The molecule has 2 aromatic rings. The van der Waals surface area contributed by atoms with Crippen LogP contribution in [0, 0.1) is 5.82 Å². The Hall–Kier alpha value is -0.610. The van der Waals surface area contributed by atoms with Gasteiger partial charge in [-0.2, -0.15) is 0 Å². The lowest BCUT2D eigenvalue weighted by atomic mass is 9.99. The highest BCUT2D eigenvalue weighted by molar-refractivity contribution is 9.10. The molecular formula is C13H9BrCl2FN. The fourth-order valence-electron chi connectivity index (χ4n) is 1.68. The summed E-state index contributed by atoms with van der Waals surface area (Å²) in [5.74, 6) is -0.529. The van der Waals surface area contributed by atoms with Crippen LogP contribution in [0.25, 0.3) is 0 Å². The summed E-state index contributed by atoms with van der Waals surface area (Å²) in [5.41, 5.74) is 7.02. The molecule has 0 radical (unpaired) electrons. The van der Waals surface area contributed by atoms with Crippen LogP contribution in [0.2, 0.25) is 10.0 Å². The Bertz CT molecular complexity index is 589. The third-order valence-electron chi connectivity index (χ3n) is 2.64. The van der Waals surface area contributed by atoms with Crippen molar-refractivity contribution < 1.29 is 4.39 Å². The normalized spacial score (nSPS) is 12.5. The second-order valence-corrected chi connectivity index (χ2v) is 5.40. The predicted octanol–water partition coefficient (Wildman–Crippen LogP) is 4.94. The summed E-state index contributed by atoms with van der Waals surface area (Å²) in [5, 5.41) is 0.526. The Morgan fingerprint density at radius 2 is 1.72 bits per heavy atom. The van der Waals surface area contributed by atoms with Crippen molar-refractivity contribution >= 4 is 39.1 Å². The number of hydrogen-bond donors (Lipinski definition) is 1. The first-order valence-corrected chi connectivity index (χ1v) is 6.70. The molecule has 0 aromatic heterocycles. The summed E-state index contributed by atoms with van der Waals surface area (Å²) in [6.07, 6.45) is 0. The van der Waals surface area contributed by atoms with E-state index in [1.165, 1.54) is 0 Å². The molecule has 5 heteroatoms. The third-order valence-corrected chi connectivity index (χ3v) is 4.24. The van der Waals surface area contributed by atoms with Gasteiger partial charge in [0, 0.05) is 15.1 Å². The minimum absolute atomic E-state index is 0.0232. The lowest BCUT2D eigenvalue weighted by Gasteiger charge is -2.16. The van der Waals surface area contributed by atoms with E-state index in [4.69, 9.17) is 28.9 Å². The SMILES string of the molecule is NC(c1ccccc1Cl)c1ccc(Br)c(Cl)c1F. The first kappa shape index (κ1) is 13.8. The Morgan fingerprint density at radius 1 is 1.06 bits per heavy atom. The minimum atomic E-state index is -0.649. The molecule has 0 amide bonds. The van der Waals surface area contributed by atoms with Crippen LogP contribution in [0.1, 0.15) is 17.2 Å². The van der Waals surface area contributed by atoms with Crippen molar-refractivity contribution in [3.8, 4) is 0 Å². The van der Waals surface area contributed by atoms with Crippen LogP contribution < -0.4 is 5.73 Å². The topological polar surface area (TPSA) is 26.0 Å². The lowest BCUT2D eigenvalue weighted by molar-refractivity contribution is 0.599. The van der Waals surface area contributed by atoms with Crippen molar-refractivity contribution in [2.45, 2.75) is 6.04 Å². The molecule has 0 fully saturated rings. The van der Waals surface area contributed by atoms with Gasteiger partial charge in [0.1, 0.15) is 5.82 Å². The van der Waals surface area contributed by atoms with Crippen LogP contribution in [0.3, 0.4) is 0 Å². The molecular weight excluding hydrogens is 340 g/mol. The van der Waals surface area contributed by atoms with Crippen molar-refractivity contribution in [2.75, 3.05) is 0 Å².